The highest BCUT2D eigenvalue weighted by molar-refractivity contribution is 7.91. The molecule has 0 spiro atoms. The van der Waals surface area contributed by atoms with Gasteiger partial charge >= 0.3 is 0 Å². The summed E-state index contributed by atoms with van der Waals surface area (Å²) in [5, 5.41) is 12.9. The van der Waals surface area contributed by atoms with E-state index in [1.807, 2.05) is 0 Å². The lowest BCUT2D eigenvalue weighted by molar-refractivity contribution is 0.392. The van der Waals surface area contributed by atoms with E-state index < -0.39 is 10.0 Å². The number of benzene rings is 1. The Kier molecular flexibility index (Phi) is 3.24. The summed E-state index contributed by atoms with van der Waals surface area (Å²) < 4.78 is 30.8. The van der Waals surface area contributed by atoms with E-state index >= 15 is 0 Å². The van der Waals surface area contributed by atoms with Crippen LogP contribution in [0.15, 0.2) is 34.9 Å². The second-order valence-electron chi connectivity index (χ2n) is 3.84. The van der Waals surface area contributed by atoms with Crippen LogP contribution in [-0.4, -0.2) is 18.7 Å². The highest BCUT2D eigenvalue weighted by Gasteiger charge is 2.14. The molecular formula is C11H12N2O4S. The number of aryl methyl sites for hydroxylation is 1. The minimum atomic E-state index is -3.57. The van der Waals surface area contributed by atoms with Crippen LogP contribution in [0.4, 0.5) is 5.69 Å². The van der Waals surface area contributed by atoms with Gasteiger partial charge in [0, 0.05) is 12.1 Å². The zero-order valence-corrected chi connectivity index (χ0v) is 10.4. The quantitative estimate of drug-likeness (QED) is 0.879. The average Bonchev–Trinajstić information content (AvgIpc) is 2.62. The topological polar surface area (TPSA) is 92.4 Å². The third kappa shape index (κ3) is 3.24. The van der Waals surface area contributed by atoms with E-state index in [0.29, 0.717) is 17.1 Å². The Morgan fingerprint density at radius 3 is 2.78 bits per heavy atom. The van der Waals surface area contributed by atoms with E-state index in [1.165, 1.54) is 12.1 Å². The van der Waals surface area contributed by atoms with Crippen molar-refractivity contribution in [1.29, 1.82) is 0 Å². The number of nitrogens with one attached hydrogen (secondary N) is 1. The zero-order chi connectivity index (χ0) is 13.2. The molecular weight excluding hydrogens is 256 g/mol. The van der Waals surface area contributed by atoms with Crippen LogP contribution in [0.2, 0.25) is 0 Å². The average molecular weight is 268 g/mol. The molecule has 0 unspecified atom stereocenters. The van der Waals surface area contributed by atoms with Gasteiger partial charge in [-0.3, -0.25) is 4.72 Å². The molecule has 0 bridgehead atoms. The van der Waals surface area contributed by atoms with Crippen molar-refractivity contribution >= 4 is 15.7 Å². The first-order valence-electron chi connectivity index (χ1n) is 5.16. The van der Waals surface area contributed by atoms with Gasteiger partial charge in [0.2, 0.25) is 10.0 Å². The van der Waals surface area contributed by atoms with Crippen molar-refractivity contribution in [1.82, 2.24) is 5.16 Å². The van der Waals surface area contributed by atoms with Gasteiger partial charge < -0.3 is 9.63 Å². The number of phenols is 1. The lowest BCUT2D eigenvalue weighted by atomic mass is 10.3. The van der Waals surface area contributed by atoms with Gasteiger partial charge in [-0.15, -0.1) is 0 Å². The van der Waals surface area contributed by atoms with Gasteiger partial charge in [0.15, 0.2) is 0 Å². The Morgan fingerprint density at radius 2 is 2.17 bits per heavy atom. The number of phenolic OH excluding ortho intramolecular Hbond substituents is 1. The highest BCUT2D eigenvalue weighted by Crippen LogP contribution is 2.17. The number of aromatic hydroxyl groups is 1. The first kappa shape index (κ1) is 12.4. The molecule has 0 atom stereocenters. The van der Waals surface area contributed by atoms with Crippen molar-refractivity contribution in [3.63, 3.8) is 0 Å². The maximum atomic E-state index is 11.8. The molecule has 0 aliphatic carbocycles. The van der Waals surface area contributed by atoms with E-state index in [0.717, 1.165) is 0 Å². The van der Waals surface area contributed by atoms with Crippen molar-refractivity contribution in [3.05, 3.63) is 41.8 Å². The molecule has 1 heterocycles. The van der Waals surface area contributed by atoms with E-state index in [-0.39, 0.29) is 11.5 Å². The molecule has 0 saturated carbocycles. The molecule has 2 rings (SSSR count). The molecule has 0 amide bonds. The SMILES string of the molecule is Cc1cc(CS(=O)(=O)Nc2cccc(O)c2)no1. The minimum Gasteiger partial charge on any atom is -0.508 e. The van der Waals surface area contributed by atoms with Gasteiger partial charge in [-0.1, -0.05) is 11.2 Å². The summed E-state index contributed by atoms with van der Waals surface area (Å²) in [6.07, 6.45) is 0. The van der Waals surface area contributed by atoms with Crippen LogP contribution < -0.4 is 4.72 Å². The maximum Gasteiger partial charge on any atom is 0.238 e. The van der Waals surface area contributed by atoms with Crippen LogP contribution >= 0.6 is 0 Å². The first-order valence-corrected chi connectivity index (χ1v) is 6.81. The van der Waals surface area contributed by atoms with Crippen LogP contribution in [0.3, 0.4) is 0 Å². The summed E-state index contributed by atoms with van der Waals surface area (Å²) in [5.74, 6) is 0.269. The van der Waals surface area contributed by atoms with Crippen LogP contribution in [0.1, 0.15) is 11.5 Å². The summed E-state index contributed by atoms with van der Waals surface area (Å²) in [6.45, 7) is 1.69. The molecule has 0 aliphatic rings. The van der Waals surface area contributed by atoms with E-state index in [4.69, 9.17) is 4.52 Å². The monoisotopic (exact) mass is 268 g/mol. The number of anilines is 1. The molecule has 1 aromatic carbocycles. The van der Waals surface area contributed by atoms with Crippen LogP contribution in [0.5, 0.6) is 5.75 Å². The van der Waals surface area contributed by atoms with Crippen molar-refractivity contribution in [3.8, 4) is 5.75 Å². The Hall–Kier alpha value is -2.02. The molecule has 0 radical (unpaired) electrons. The second-order valence-corrected chi connectivity index (χ2v) is 5.56. The Labute approximate surface area is 104 Å². The summed E-state index contributed by atoms with van der Waals surface area (Å²) in [4.78, 5) is 0. The zero-order valence-electron chi connectivity index (χ0n) is 9.62. The largest absolute Gasteiger partial charge is 0.508 e. The Morgan fingerprint density at radius 1 is 1.39 bits per heavy atom. The van der Waals surface area contributed by atoms with Gasteiger partial charge in [0.05, 0.1) is 5.69 Å². The fraction of sp³-hybridized carbons (Fsp3) is 0.182. The number of sulfonamides is 1. The number of hydrogen-bond acceptors (Lipinski definition) is 5. The predicted molar refractivity (Wildman–Crippen MR) is 65.6 cm³/mol. The van der Waals surface area contributed by atoms with Crippen LogP contribution in [0.25, 0.3) is 0 Å². The molecule has 6 nitrogen and oxygen atoms in total. The minimum absolute atomic E-state index is 0.00696. The fourth-order valence-corrected chi connectivity index (χ4v) is 2.55. The van der Waals surface area contributed by atoms with Gasteiger partial charge in [-0.25, -0.2) is 8.42 Å². The summed E-state index contributed by atoms with van der Waals surface area (Å²) in [7, 11) is -3.57. The first-order chi connectivity index (χ1) is 8.44. The lowest BCUT2D eigenvalue weighted by Crippen LogP contribution is -2.15. The number of hydrogen-bond donors (Lipinski definition) is 2. The molecule has 0 fully saturated rings. The summed E-state index contributed by atoms with van der Waals surface area (Å²) >= 11 is 0. The van der Waals surface area contributed by atoms with E-state index in [2.05, 4.69) is 9.88 Å². The van der Waals surface area contributed by atoms with Crippen LogP contribution in [0, 0.1) is 6.92 Å². The third-order valence-electron chi connectivity index (χ3n) is 2.13. The molecule has 0 saturated heterocycles. The molecule has 18 heavy (non-hydrogen) atoms. The van der Waals surface area contributed by atoms with Crippen molar-refractivity contribution in [2.45, 2.75) is 12.7 Å². The number of rotatable bonds is 4. The van der Waals surface area contributed by atoms with Crippen LogP contribution in [-0.2, 0) is 15.8 Å². The maximum absolute atomic E-state index is 11.8. The van der Waals surface area contributed by atoms with Gasteiger partial charge in [0.25, 0.3) is 0 Å². The highest BCUT2D eigenvalue weighted by atomic mass is 32.2. The Balaban J connectivity index is 2.12. The molecule has 96 valence electrons. The normalized spacial score (nSPS) is 11.4. The molecule has 2 aromatic rings. The lowest BCUT2D eigenvalue weighted by Gasteiger charge is -2.06. The predicted octanol–water partition coefficient (Wildman–Crippen LogP) is 1.63. The van der Waals surface area contributed by atoms with Gasteiger partial charge in [-0.05, 0) is 19.1 Å². The Bertz CT molecular complexity index is 649. The van der Waals surface area contributed by atoms with Crippen molar-refractivity contribution in [2.24, 2.45) is 0 Å². The van der Waals surface area contributed by atoms with E-state index in [1.54, 1.807) is 25.1 Å². The summed E-state index contributed by atoms with van der Waals surface area (Å²) in [5.41, 5.74) is 0.635. The van der Waals surface area contributed by atoms with Gasteiger partial charge in [-0.2, -0.15) is 0 Å². The third-order valence-corrected chi connectivity index (χ3v) is 3.36. The number of aromatic nitrogens is 1. The molecule has 0 aliphatic heterocycles. The fourth-order valence-electron chi connectivity index (χ4n) is 1.47. The second kappa shape index (κ2) is 4.69. The molecule has 7 heteroatoms. The summed E-state index contributed by atoms with van der Waals surface area (Å²) in [6, 6.07) is 7.44. The van der Waals surface area contributed by atoms with Crippen molar-refractivity contribution in [2.75, 3.05) is 4.72 Å². The smallest absolute Gasteiger partial charge is 0.238 e. The molecule has 1 aromatic heterocycles. The van der Waals surface area contributed by atoms with Gasteiger partial charge in [0.1, 0.15) is 23.0 Å². The standard InChI is InChI=1S/C11H12N2O4S/c1-8-5-10(12-17-8)7-18(15,16)13-9-3-2-4-11(14)6-9/h2-6,13-14H,7H2,1H3. The van der Waals surface area contributed by atoms with Crippen molar-refractivity contribution < 1.29 is 18.0 Å². The number of nitrogens with zero attached hydrogens (tertiary/aromatic N) is 1. The molecule has 2 N–H and O–H groups in total. The van der Waals surface area contributed by atoms with E-state index in [9.17, 15) is 13.5 Å².